The van der Waals surface area contributed by atoms with E-state index >= 15 is 0 Å². The molecule has 0 aliphatic heterocycles. The van der Waals surface area contributed by atoms with Crippen LogP contribution in [0.1, 0.15) is 32.6 Å². The molecule has 0 atom stereocenters. The number of benzene rings is 1. The van der Waals surface area contributed by atoms with Crippen LogP contribution in [-0.4, -0.2) is 29.8 Å². The lowest BCUT2D eigenvalue weighted by Crippen LogP contribution is -2.38. The molecule has 2 aromatic rings. The number of nitrogens with one attached hydrogen (secondary N) is 1. The van der Waals surface area contributed by atoms with Crippen molar-refractivity contribution < 1.29 is 22.8 Å². The largest absolute Gasteiger partial charge is 0.418 e. The number of alkyl halides is 3. The van der Waals surface area contributed by atoms with Gasteiger partial charge in [0.25, 0.3) is 5.91 Å². The number of hydrogen-bond donors (Lipinski definition) is 1. The summed E-state index contributed by atoms with van der Waals surface area (Å²) in [4.78, 5) is 27.9. The number of thiophene rings is 1. The molecular formula is C18H19F3N2O2S. The standard InChI is InChI=1S/C18H19F3N2O2S/c1-4-23(17(25)13-9-11(2)26-12(13)3)10-16(24)22-15-8-6-5-7-14(15)18(19,20)21/h5-9H,4,10H2,1-3H3,(H,22,24). The number of rotatable bonds is 5. The molecule has 0 aliphatic carbocycles. The molecule has 1 aromatic heterocycles. The molecular weight excluding hydrogens is 365 g/mol. The molecule has 1 N–H and O–H groups in total. The Balaban J connectivity index is 2.13. The number of nitrogens with zero attached hydrogens (tertiary/aromatic N) is 1. The summed E-state index contributed by atoms with van der Waals surface area (Å²) in [5.41, 5.74) is -0.735. The minimum atomic E-state index is -4.57. The highest BCUT2D eigenvalue weighted by atomic mass is 32.1. The number of para-hydroxylation sites is 1. The predicted octanol–water partition coefficient (Wildman–Crippen LogP) is 4.48. The quantitative estimate of drug-likeness (QED) is 0.826. The van der Waals surface area contributed by atoms with E-state index in [9.17, 15) is 22.8 Å². The van der Waals surface area contributed by atoms with Crippen molar-refractivity contribution in [2.24, 2.45) is 0 Å². The number of carbonyl (C=O) groups is 2. The minimum absolute atomic E-state index is 0.265. The molecule has 0 fully saturated rings. The molecule has 0 radical (unpaired) electrons. The normalized spacial score (nSPS) is 11.3. The number of likely N-dealkylation sites (N-methyl/N-ethyl adjacent to an activating group) is 1. The third-order valence-corrected chi connectivity index (χ3v) is 4.75. The average molecular weight is 384 g/mol. The highest BCUT2D eigenvalue weighted by Crippen LogP contribution is 2.34. The van der Waals surface area contributed by atoms with Crippen molar-refractivity contribution in [3.8, 4) is 0 Å². The van der Waals surface area contributed by atoms with Crippen LogP contribution in [0, 0.1) is 13.8 Å². The van der Waals surface area contributed by atoms with E-state index in [2.05, 4.69) is 5.32 Å². The Morgan fingerprint density at radius 2 is 1.85 bits per heavy atom. The van der Waals surface area contributed by atoms with Crippen molar-refractivity contribution in [2.45, 2.75) is 26.9 Å². The van der Waals surface area contributed by atoms with Gasteiger partial charge in [-0.1, -0.05) is 12.1 Å². The maximum atomic E-state index is 13.0. The Labute approximate surface area is 153 Å². The van der Waals surface area contributed by atoms with Crippen LogP contribution in [0.15, 0.2) is 30.3 Å². The van der Waals surface area contributed by atoms with E-state index in [0.717, 1.165) is 15.8 Å². The molecule has 0 unspecified atom stereocenters. The summed E-state index contributed by atoms with van der Waals surface area (Å²) >= 11 is 1.48. The zero-order chi connectivity index (χ0) is 19.5. The van der Waals surface area contributed by atoms with Gasteiger partial charge in [0.05, 0.1) is 16.8 Å². The van der Waals surface area contributed by atoms with Gasteiger partial charge in [0.15, 0.2) is 0 Å². The minimum Gasteiger partial charge on any atom is -0.330 e. The molecule has 1 aromatic carbocycles. The lowest BCUT2D eigenvalue weighted by atomic mass is 10.1. The van der Waals surface area contributed by atoms with Crippen LogP contribution in [-0.2, 0) is 11.0 Å². The number of aryl methyl sites for hydroxylation is 2. The van der Waals surface area contributed by atoms with E-state index in [-0.39, 0.29) is 24.7 Å². The van der Waals surface area contributed by atoms with Gasteiger partial charge >= 0.3 is 6.18 Å². The Hall–Kier alpha value is -2.35. The van der Waals surface area contributed by atoms with Crippen molar-refractivity contribution in [3.63, 3.8) is 0 Å². The van der Waals surface area contributed by atoms with E-state index in [1.54, 1.807) is 13.0 Å². The summed E-state index contributed by atoms with van der Waals surface area (Å²) in [6.45, 7) is 5.35. The molecule has 2 rings (SSSR count). The molecule has 140 valence electrons. The van der Waals surface area contributed by atoms with Gasteiger partial charge in [0.1, 0.15) is 6.54 Å². The van der Waals surface area contributed by atoms with Crippen LogP contribution >= 0.6 is 11.3 Å². The van der Waals surface area contributed by atoms with Crippen LogP contribution in [0.4, 0.5) is 18.9 Å². The maximum Gasteiger partial charge on any atom is 0.418 e. The molecule has 4 nitrogen and oxygen atoms in total. The van der Waals surface area contributed by atoms with Gasteiger partial charge in [-0.25, -0.2) is 0 Å². The molecule has 2 amide bonds. The van der Waals surface area contributed by atoms with Crippen LogP contribution in [0.25, 0.3) is 0 Å². The first-order valence-electron chi connectivity index (χ1n) is 7.95. The van der Waals surface area contributed by atoms with Gasteiger partial charge in [-0.05, 0) is 39.0 Å². The Kier molecular flexibility index (Phi) is 6.07. The first-order valence-corrected chi connectivity index (χ1v) is 8.77. The molecule has 0 spiro atoms. The average Bonchev–Trinajstić information content (AvgIpc) is 2.90. The number of anilines is 1. The number of amides is 2. The van der Waals surface area contributed by atoms with Crippen LogP contribution < -0.4 is 5.32 Å². The Morgan fingerprint density at radius 1 is 1.19 bits per heavy atom. The topological polar surface area (TPSA) is 49.4 Å². The summed E-state index contributed by atoms with van der Waals surface area (Å²) < 4.78 is 39.0. The fraction of sp³-hybridized carbons (Fsp3) is 0.333. The zero-order valence-corrected chi connectivity index (χ0v) is 15.4. The van der Waals surface area contributed by atoms with Crippen LogP contribution in [0.3, 0.4) is 0 Å². The Morgan fingerprint density at radius 3 is 2.38 bits per heavy atom. The summed E-state index contributed by atoms with van der Waals surface area (Å²) in [5.74, 6) is -0.991. The van der Waals surface area contributed by atoms with E-state index in [4.69, 9.17) is 0 Å². The van der Waals surface area contributed by atoms with Gasteiger partial charge < -0.3 is 10.2 Å². The van der Waals surface area contributed by atoms with Crippen molar-refractivity contribution in [2.75, 3.05) is 18.4 Å². The molecule has 8 heteroatoms. The number of halogens is 3. The summed E-state index contributed by atoms with van der Waals surface area (Å²) in [6, 6.07) is 6.50. The summed E-state index contributed by atoms with van der Waals surface area (Å²) in [5, 5.41) is 2.26. The van der Waals surface area contributed by atoms with Gasteiger partial charge in [0, 0.05) is 16.3 Å². The molecule has 0 saturated heterocycles. The predicted molar refractivity (Wildman–Crippen MR) is 95.4 cm³/mol. The third kappa shape index (κ3) is 4.63. The first kappa shape index (κ1) is 20.0. The monoisotopic (exact) mass is 384 g/mol. The SMILES string of the molecule is CCN(CC(=O)Nc1ccccc1C(F)(F)F)C(=O)c1cc(C)sc1C. The summed E-state index contributed by atoms with van der Waals surface area (Å²) in [7, 11) is 0. The van der Waals surface area contributed by atoms with E-state index in [0.29, 0.717) is 5.56 Å². The smallest absolute Gasteiger partial charge is 0.330 e. The molecule has 0 saturated carbocycles. The van der Waals surface area contributed by atoms with E-state index in [1.165, 1.54) is 34.4 Å². The first-order chi connectivity index (χ1) is 12.1. The fourth-order valence-corrected chi connectivity index (χ4v) is 3.46. The third-order valence-electron chi connectivity index (χ3n) is 3.78. The number of hydrogen-bond acceptors (Lipinski definition) is 3. The van der Waals surface area contributed by atoms with Gasteiger partial charge in [-0.3, -0.25) is 9.59 Å². The van der Waals surface area contributed by atoms with E-state index < -0.39 is 17.6 Å². The number of carbonyl (C=O) groups excluding carboxylic acids is 2. The van der Waals surface area contributed by atoms with Crippen LogP contribution in [0.5, 0.6) is 0 Å². The lowest BCUT2D eigenvalue weighted by molar-refractivity contribution is -0.137. The van der Waals surface area contributed by atoms with Gasteiger partial charge in [-0.2, -0.15) is 13.2 Å². The van der Waals surface area contributed by atoms with Gasteiger partial charge in [-0.15, -0.1) is 11.3 Å². The van der Waals surface area contributed by atoms with Crippen molar-refractivity contribution >= 4 is 28.8 Å². The van der Waals surface area contributed by atoms with Crippen LogP contribution in [0.2, 0.25) is 0 Å². The van der Waals surface area contributed by atoms with Crippen molar-refractivity contribution in [3.05, 3.63) is 51.2 Å². The highest BCUT2D eigenvalue weighted by molar-refractivity contribution is 7.12. The maximum absolute atomic E-state index is 13.0. The van der Waals surface area contributed by atoms with E-state index in [1.807, 2.05) is 13.8 Å². The second-order valence-electron chi connectivity index (χ2n) is 5.74. The molecule has 0 bridgehead atoms. The van der Waals surface area contributed by atoms with Gasteiger partial charge in [0.2, 0.25) is 5.91 Å². The second kappa shape index (κ2) is 7.90. The molecule has 26 heavy (non-hydrogen) atoms. The summed E-state index contributed by atoms with van der Waals surface area (Å²) in [6.07, 6.45) is -4.57. The lowest BCUT2D eigenvalue weighted by Gasteiger charge is -2.21. The van der Waals surface area contributed by atoms with Crippen molar-refractivity contribution in [1.29, 1.82) is 0 Å². The second-order valence-corrected chi connectivity index (χ2v) is 7.20. The Bertz CT molecular complexity index is 815. The molecule has 1 heterocycles. The molecule has 0 aliphatic rings. The van der Waals surface area contributed by atoms with Crippen molar-refractivity contribution in [1.82, 2.24) is 4.90 Å². The highest BCUT2D eigenvalue weighted by Gasteiger charge is 2.33. The zero-order valence-electron chi connectivity index (χ0n) is 14.6. The fourth-order valence-electron chi connectivity index (χ4n) is 2.54.